The fraction of sp³-hybridized carbons (Fsp3) is 0.167. The van der Waals surface area contributed by atoms with Gasteiger partial charge in [0.15, 0.2) is 0 Å². The molecule has 6 heteroatoms. The van der Waals surface area contributed by atoms with Gasteiger partial charge >= 0.3 is 0 Å². The molecule has 0 bridgehead atoms. The van der Waals surface area contributed by atoms with Crippen LogP contribution in [0.2, 0.25) is 5.02 Å². The Morgan fingerprint density at radius 2 is 1.73 bits per heavy atom. The molecule has 0 saturated heterocycles. The minimum absolute atomic E-state index is 0.131. The van der Waals surface area contributed by atoms with Crippen LogP contribution in [-0.2, 0) is 6.54 Å². The van der Waals surface area contributed by atoms with Crippen molar-refractivity contribution >= 4 is 28.5 Å². The van der Waals surface area contributed by atoms with Gasteiger partial charge in [-0.2, -0.15) is 0 Å². The van der Waals surface area contributed by atoms with Gasteiger partial charge in [0.05, 0.1) is 28.6 Å². The third-order valence-corrected chi connectivity index (χ3v) is 5.18. The van der Waals surface area contributed by atoms with Crippen LogP contribution in [0.1, 0.15) is 29.1 Å². The summed E-state index contributed by atoms with van der Waals surface area (Å²) in [6, 6.07) is 24.2. The van der Waals surface area contributed by atoms with E-state index in [1.165, 1.54) is 0 Å². The van der Waals surface area contributed by atoms with Gasteiger partial charge in [-0.3, -0.25) is 4.79 Å². The normalized spacial score (nSPS) is 11.9. The molecule has 0 spiro atoms. The number of halogens is 1. The maximum atomic E-state index is 12.6. The molecule has 1 heterocycles. The Morgan fingerprint density at radius 1 is 1.03 bits per heavy atom. The number of carbonyl (C=O) groups is 1. The SMILES string of the molecule is CC(NC(=O)c1ccccc1)c1nc2ccccc2n1CCOc1ccccc1Cl. The van der Waals surface area contributed by atoms with E-state index in [1.807, 2.05) is 67.6 Å². The summed E-state index contributed by atoms with van der Waals surface area (Å²) in [6.45, 7) is 2.94. The predicted octanol–water partition coefficient (Wildman–Crippen LogP) is 5.26. The van der Waals surface area contributed by atoms with Gasteiger partial charge in [0.2, 0.25) is 0 Å². The summed E-state index contributed by atoms with van der Waals surface area (Å²) in [7, 11) is 0. The number of nitrogens with one attached hydrogen (secondary N) is 1. The topological polar surface area (TPSA) is 56.2 Å². The molecule has 1 aromatic heterocycles. The first-order valence-corrected chi connectivity index (χ1v) is 10.2. The lowest BCUT2D eigenvalue weighted by Crippen LogP contribution is -2.29. The van der Waals surface area contributed by atoms with Gasteiger partial charge in [-0.25, -0.2) is 4.98 Å². The summed E-state index contributed by atoms with van der Waals surface area (Å²) in [5, 5.41) is 3.63. The molecule has 0 saturated carbocycles. The fourth-order valence-corrected chi connectivity index (χ4v) is 3.59. The van der Waals surface area contributed by atoms with Crippen molar-refractivity contribution in [2.24, 2.45) is 0 Å². The lowest BCUT2D eigenvalue weighted by Gasteiger charge is -2.17. The molecule has 4 aromatic rings. The molecule has 30 heavy (non-hydrogen) atoms. The maximum Gasteiger partial charge on any atom is 0.251 e. The van der Waals surface area contributed by atoms with E-state index in [0.717, 1.165) is 16.9 Å². The van der Waals surface area contributed by atoms with Crippen molar-refractivity contribution < 1.29 is 9.53 Å². The summed E-state index contributed by atoms with van der Waals surface area (Å²) >= 11 is 6.19. The molecule has 5 nitrogen and oxygen atoms in total. The largest absolute Gasteiger partial charge is 0.490 e. The van der Waals surface area contributed by atoms with Crippen LogP contribution in [-0.4, -0.2) is 22.1 Å². The number of imidazole rings is 1. The molecule has 0 aliphatic rings. The second kappa shape index (κ2) is 9.01. The van der Waals surface area contributed by atoms with E-state index in [2.05, 4.69) is 9.88 Å². The van der Waals surface area contributed by atoms with Gasteiger partial charge in [-0.15, -0.1) is 0 Å². The average molecular weight is 420 g/mol. The van der Waals surface area contributed by atoms with E-state index in [4.69, 9.17) is 21.3 Å². The number of aromatic nitrogens is 2. The molecule has 0 radical (unpaired) electrons. The van der Waals surface area contributed by atoms with Crippen LogP contribution in [0.25, 0.3) is 11.0 Å². The summed E-state index contributed by atoms with van der Waals surface area (Å²) in [5.74, 6) is 1.30. The Labute approximate surface area is 180 Å². The number of amides is 1. The van der Waals surface area contributed by atoms with Gasteiger partial charge in [0.25, 0.3) is 5.91 Å². The summed E-state index contributed by atoms with van der Waals surface area (Å²) < 4.78 is 7.96. The van der Waals surface area contributed by atoms with E-state index < -0.39 is 0 Å². The van der Waals surface area contributed by atoms with Crippen LogP contribution in [0.4, 0.5) is 0 Å². The number of ether oxygens (including phenoxy) is 1. The number of hydrogen-bond donors (Lipinski definition) is 1. The predicted molar refractivity (Wildman–Crippen MR) is 119 cm³/mol. The Hall–Kier alpha value is -3.31. The summed E-state index contributed by atoms with van der Waals surface area (Å²) in [6.07, 6.45) is 0. The van der Waals surface area contributed by atoms with Crippen molar-refractivity contribution in [1.29, 1.82) is 0 Å². The third kappa shape index (κ3) is 4.31. The highest BCUT2D eigenvalue weighted by molar-refractivity contribution is 6.32. The Bertz CT molecular complexity index is 1160. The minimum atomic E-state index is -0.273. The number of benzene rings is 3. The monoisotopic (exact) mass is 419 g/mol. The highest BCUT2D eigenvalue weighted by Gasteiger charge is 2.19. The van der Waals surface area contributed by atoms with Crippen LogP contribution in [0, 0.1) is 0 Å². The summed E-state index contributed by atoms with van der Waals surface area (Å²) in [4.78, 5) is 17.4. The second-order valence-corrected chi connectivity index (χ2v) is 7.36. The van der Waals surface area contributed by atoms with Crippen LogP contribution >= 0.6 is 11.6 Å². The molecule has 3 aromatic carbocycles. The average Bonchev–Trinajstić information content (AvgIpc) is 3.14. The highest BCUT2D eigenvalue weighted by atomic mass is 35.5. The van der Waals surface area contributed by atoms with E-state index in [1.54, 1.807) is 18.2 Å². The van der Waals surface area contributed by atoms with Crippen molar-refractivity contribution in [2.45, 2.75) is 19.5 Å². The van der Waals surface area contributed by atoms with Crippen molar-refractivity contribution in [3.8, 4) is 5.75 Å². The molecule has 1 atom stereocenters. The Kier molecular flexibility index (Phi) is 6.00. The maximum absolute atomic E-state index is 12.6. The number of hydrogen-bond acceptors (Lipinski definition) is 3. The van der Waals surface area contributed by atoms with Crippen LogP contribution in [0.15, 0.2) is 78.9 Å². The number of fused-ring (bicyclic) bond motifs is 1. The van der Waals surface area contributed by atoms with Crippen LogP contribution in [0.5, 0.6) is 5.75 Å². The first-order chi connectivity index (χ1) is 14.6. The van der Waals surface area contributed by atoms with Gasteiger partial charge in [-0.05, 0) is 43.3 Å². The first-order valence-electron chi connectivity index (χ1n) is 9.82. The molecule has 1 amide bonds. The van der Waals surface area contributed by atoms with Gasteiger partial charge in [0, 0.05) is 5.56 Å². The third-order valence-electron chi connectivity index (χ3n) is 4.86. The quantitative estimate of drug-likeness (QED) is 0.444. The van der Waals surface area contributed by atoms with Gasteiger partial charge < -0.3 is 14.6 Å². The lowest BCUT2D eigenvalue weighted by molar-refractivity contribution is 0.0937. The molecule has 152 valence electrons. The highest BCUT2D eigenvalue weighted by Crippen LogP contribution is 2.24. The fourth-order valence-electron chi connectivity index (χ4n) is 3.40. The van der Waals surface area contributed by atoms with Crippen molar-refractivity contribution in [2.75, 3.05) is 6.61 Å². The van der Waals surface area contributed by atoms with E-state index in [-0.39, 0.29) is 11.9 Å². The second-order valence-electron chi connectivity index (χ2n) is 6.95. The number of para-hydroxylation sites is 3. The van der Waals surface area contributed by atoms with Gasteiger partial charge in [-0.1, -0.05) is 54.1 Å². The van der Waals surface area contributed by atoms with Crippen LogP contribution < -0.4 is 10.1 Å². The van der Waals surface area contributed by atoms with Gasteiger partial charge in [0.1, 0.15) is 18.2 Å². The zero-order chi connectivity index (χ0) is 20.9. The number of carbonyl (C=O) groups excluding carboxylic acids is 1. The standard InChI is InChI=1S/C24H22ClN3O2/c1-17(26-24(29)18-9-3-2-4-10-18)23-27-20-12-6-7-13-21(20)28(23)15-16-30-22-14-8-5-11-19(22)25/h2-14,17H,15-16H2,1H3,(H,26,29). The zero-order valence-electron chi connectivity index (χ0n) is 16.6. The molecule has 0 fully saturated rings. The Balaban J connectivity index is 1.55. The molecular weight excluding hydrogens is 398 g/mol. The number of nitrogens with zero attached hydrogens (tertiary/aromatic N) is 2. The van der Waals surface area contributed by atoms with E-state index >= 15 is 0 Å². The van der Waals surface area contributed by atoms with Crippen LogP contribution in [0.3, 0.4) is 0 Å². The Morgan fingerprint density at radius 3 is 2.53 bits per heavy atom. The van der Waals surface area contributed by atoms with E-state index in [0.29, 0.717) is 29.5 Å². The molecule has 0 aliphatic carbocycles. The van der Waals surface area contributed by atoms with Crippen molar-refractivity contribution in [3.63, 3.8) is 0 Å². The summed E-state index contributed by atoms with van der Waals surface area (Å²) in [5.41, 5.74) is 2.50. The number of rotatable bonds is 7. The molecule has 0 aliphatic heterocycles. The zero-order valence-corrected chi connectivity index (χ0v) is 17.3. The lowest BCUT2D eigenvalue weighted by atomic mass is 10.2. The smallest absolute Gasteiger partial charge is 0.251 e. The molecule has 4 rings (SSSR count). The first kappa shape index (κ1) is 20.0. The van der Waals surface area contributed by atoms with E-state index in [9.17, 15) is 4.79 Å². The van der Waals surface area contributed by atoms with Crippen molar-refractivity contribution in [3.05, 3.63) is 95.3 Å². The van der Waals surface area contributed by atoms with Crippen molar-refractivity contribution in [1.82, 2.24) is 14.9 Å². The molecule has 1 N–H and O–H groups in total. The molecule has 1 unspecified atom stereocenters. The molecular formula is C24H22ClN3O2. The minimum Gasteiger partial charge on any atom is -0.490 e.